The number of nitrogens with one attached hydrogen (secondary N) is 1. The van der Waals surface area contributed by atoms with Crippen LogP contribution in [0.4, 0.5) is 4.39 Å². The fraction of sp³-hybridized carbons (Fsp3) is 0.562. The Morgan fingerprint density at radius 3 is 2.64 bits per heavy atom. The minimum Gasteiger partial charge on any atom is -0.354 e. The van der Waals surface area contributed by atoms with Gasteiger partial charge in [0.15, 0.2) is 0 Å². The van der Waals surface area contributed by atoms with Gasteiger partial charge in [-0.1, -0.05) is 37.5 Å². The first-order chi connectivity index (χ1) is 10.1. The van der Waals surface area contributed by atoms with Crippen LogP contribution in [0.1, 0.15) is 37.7 Å². The molecule has 3 nitrogen and oxygen atoms in total. The molecule has 1 aliphatic carbocycles. The quantitative estimate of drug-likeness (QED) is 0.777. The summed E-state index contributed by atoms with van der Waals surface area (Å²) in [5, 5.41) is 2.92. The first-order valence-corrected chi connectivity index (χ1v) is 8.66. The number of carbonyl (C=O) groups is 1. The van der Waals surface area contributed by atoms with Gasteiger partial charge in [0.05, 0.1) is 5.54 Å². The molecule has 0 aliphatic heterocycles. The van der Waals surface area contributed by atoms with Crippen LogP contribution in [0.3, 0.4) is 0 Å². The zero-order chi connectivity index (χ0) is 15.1. The average Bonchev–Trinajstić information content (AvgIpc) is 2.49. The van der Waals surface area contributed by atoms with Crippen LogP contribution in [0.2, 0.25) is 0 Å². The number of amides is 1. The van der Waals surface area contributed by atoms with E-state index in [1.54, 1.807) is 23.9 Å². The van der Waals surface area contributed by atoms with E-state index in [1.807, 2.05) is 6.07 Å². The van der Waals surface area contributed by atoms with Crippen LogP contribution in [-0.2, 0) is 10.5 Å². The fourth-order valence-electron chi connectivity index (χ4n) is 2.62. The van der Waals surface area contributed by atoms with Crippen LogP contribution in [-0.4, -0.2) is 23.7 Å². The van der Waals surface area contributed by atoms with Crippen molar-refractivity contribution < 1.29 is 9.18 Å². The largest absolute Gasteiger partial charge is 0.354 e. The monoisotopic (exact) mass is 346 g/mol. The van der Waals surface area contributed by atoms with E-state index >= 15 is 0 Å². The standard InChI is InChI=1S/C16H23FN2OS.ClH/c17-14-7-3-2-6-13(14)12-21-11-10-19-15(20)16(18)8-4-1-5-9-16;/h2-3,6-7H,1,4-5,8-12,18H2,(H,19,20);1H. The molecule has 124 valence electrons. The topological polar surface area (TPSA) is 55.1 Å². The molecule has 1 aromatic rings. The van der Waals surface area contributed by atoms with Gasteiger partial charge in [0.2, 0.25) is 5.91 Å². The van der Waals surface area contributed by atoms with Gasteiger partial charge < -0.3 is 11.1 Å². The Morgan fingerprint density at radius 2 is 1.95 bits per heavy atom. The highest BCUT2D eigenvalue weighted by Gasteiger charge is 2.34. The van der Waals surface area contributed by atoms with Crippen molar-refractivity contribution in [1.82, 2.24) is 5.32 Å². The number of hydrogen-bond donors (Lipinski definition) is 2. The molecule has 1 fully saturated rings. The molecule has 1 amide bonds. The second kappa shape index (κ2) is 9.38. The molecule has 0 spiro atoms. The Hall–Kier alpha value is -0.780. The van der Waals surface area contributed by atoms with E-state index in [1.165, 1.54) is 12.5 Å². The maximum atomic E-state index is 13.4. The number of rotatable bonds is 6. The van der Waals surface area contributed by atoms with Crippen molar-refractivity contribution in [2.75, 3.05) is 12.3 Å². The highest BCUT2D eigenvalue weighted by atomic mass is 35.5. The summed E-state index contributed by atoms with van der Waals surface area (Å²) in [6, 6.07) is 6.79. The number of halogens is 2. The van der Waals surface area contributed by atoms with Crippen molar-refractivity contribution in [3.63, 3.8) is 0 Å². The van der Waals surface area contributed by atoms with E-state index in [4.69, 9.17) is 5.73 Å². The van der Waals surface area contributed by atoms with Gasteiger partial charge in [-0.05, 0) is 24.5 Å². The third kappa shape index (κ3) is 5.45. The van der Waals surface area contributed by atoms with Crippen molar-refractivity contribution in [2.45, 2.75) is 43.4 Å². The Labute approximate surface area is 142 Å². The molecule has 0 heterocycles. The molecule has 0 saturated heterocycles. The lowest BCUT2D eigenvalue weighted by atomic mass is 9.82. The van der Waals surface area contributed by atoms with Crippen molar-refractivity contribution in [2.24, 2.45) is 5.73 Å². The first-order valence-electron chi connectivity index (χ1n) is 7.50. The van der Waals surface area contributed by atoms with Crippen LogP contribution in [0.25, 0.3) is 0 Å². The lowest BCUT2D eigenvalue weighted by Crippen LogP contribution is -2.55. The van der Waals surface area contributed by atoms with E-state index in [9.17, 15) is 9.18 Å². The highest BCUT2D eigenvalue weighted by molar-refractivity contribution is 7.98. The lowest BCUT2D eigenvalue weighted by Gasteiger charge is -2.31. The molecule has 22 heavy (non-hydrogen) atoms. The molecular weight excluding hydrogens is 323 g/mol. The molecule has 1 saturated carbocycles. The normalized spacial score (nSPS) is 16.6. The summed E-state index contributed by atoms with van der Waals surface area (Å²) in [7, 11) is 0. The van der Waals surface area contributed by atoms with Crippen LogP contribution >= 0.6 is 24.2 Å². The molecule has 1 aliphatic rings. The maximum absolute atomic E-state index is 13.4. The third-order valence-electron chi connectivity index (χ3n) is 3.95. The molecule has 0 bridgehead atoms. The summed E-state index contributed by atoms with van der Waals surface area (Å²) in [6.45, 7) is 0.580. The van der Waals surface area contributed by atoms with Gasteiger partial charge in [0.25, 0.3) is 0 Å². The Kier molecular flexibility index (Phi) is 8.21. The summed E-state index contributed by atoms with van der Waals surface area (Å²) < 4.78 is 13.4. The van der Waals surface area contributed by atoms with Crippen molar-refractivity contribution in [3.8, 4) is 0 Å². The fourth-order valence-corrected chi connectivity index (χ4v) is 3.46. The van der Waals surface area contributed by atoms with Gasteiger partial charge in [-0.3, -0.25) is 4.79 Å². The summed E-state index contributed by atoms with van der Waals surface area (Å²) in [4.78, 5) is 12.1. The molecule has 1 aromatic carbocycles. The molecule has 0 aromatic heterocycles. The SMILES string of the molecule is Cl.NC1(C(=O)NCCSCc2ccccc2F)CCCCC1. The zero-order valence-electron chi connectivity index (χ0n) is 12.6. The zero-order valence-corrected chi connectivity index (χ0v) is 14.3. The van der Waals surface area contributed by atoms with E-state index in [-0.39, 0.29) is 24.1 Å². The molecule has 0 radical (unpaired) electrons. The highest BCUT2D eigenvalue weighted by Crippen LogP contribution is 2.25. The number of benzene rings is 1. The molecule has 0 unspecified atom stereocenters. The number of thioether (sulfide) groups is 1. The van der Waals surface area contributed by atoms with Crippen molar-refractivity contribution >= 4 is 30.1 Å². The van der Waals surface area contributed by atoms with Gasteiger partial charge >= 0.3 is 0 Å². The van der Waals surface area contributed by atoms with Crippen LogP contribution in [0.15, 0.2) is 24.3 Å². The van der Waals surface area contributed by atoms with E-state index in [0.29, 0.717) is 17.9 Å². The third-order valence-corrected chi connectivity index (χ3v) is 4.95. The van der Waals surface area contributed by atoms with E-state index < -0.39 is 5.54 Å². The number of carbonyl (C=O) groups excluding carboxylic acids is 1. The molecule has 0 atom stereocenters. The average molecular weight is 347 g/mol. The molecule has 2 rings (SSSR count). The molecular formula is C16H24ClFN2OS. The van der Waals surface area contributed by atoms with E-state index in [0.717, 1.165) is 31.4 Å². The van der Waals surface area contributed by atoms with Crippen molar-refractivity contribution in [1.29, 1.82) is 0 Å². The van der Waals surface area contributed by atoms with Crippen molar-refractivity contribution in [3.05, 3.63) is 35.6 Å². The smallest absolute Gasteiger partial charge is 0.240 e. The van der Waals surface area contributed by atoms with Crippen LogP contribution in [0.5, 0.6) is 0 Å². The minimum absolute atomic E-state index is 0. The summed E-state index contributed by atoms with van der Waals surface area (Å²) in [5.74, 6) is 1.18. The van der Waals surface area contributed by atoms with Gasteiger partial charge in [0, 0.05) is 18.1 Å². The van der Waals surface area contributed by atoms with Gasteiger partial charge in [0.1, 0.15) is 5.82 Å². The predicted molar refractivity (Wildman–Crippen MR) is 92.8 cm³/mol. The van der Waals surface area contributed by atoms with Gasteiger partial charge in [-0.2, -0.15) is 11.8 Å². The Morgan fingerprint density at radius 1 is 1.27 bits per heavy atom. The number of hydrogen-bond acceptors (Lipinski definition) is 3. The van der Waals surface area contributed by atoms with Crippen LogP contribution in [0, 0.1) is 5.82 Å². The Bertz CT molecular complexity index is 481. The second-order valence-corrected chi connectivity index (χ2v) is 6.72. The molecule has 3 N–H and O–H groups in total. The van der Waals surface area contributed by atoms with Crippen LogP contribution < -0.4 is 11.1 Å². The van der Waals surface area contributed by atoms with E-state index in [2.05, 4.69) is 5.32 Å². The second-order valence-electron chi connectivity index (χ2n) is 5.62. The lowest BCUT2D eigenvalue weighted by molar-refractivity contribution is -0.127. The summed E-state index contributed by atoms with van der Waals surface area (Å²) in [5.41, 5.74) is 6.19. The summed E-state index contributed by atoms with van der Waals surface area (Å²) in [6.07, 6.45) is 4.80. The molecule has 6 heteroatoms. The Balaban J connectivity index is 0.00000242. The maximum Gasteiger partial charge on any atom is 0.240 e. The number of nitrogens with two attached hydrogens (primary N) is 1. The summed E-state index contributed by atoms with van der Waals surface area (Å²) >= 11 is 1.61. The minimum atomic E-state index is -0.672. The van der Waals surface area contributed by atoms with Gasteiger partial charge in [-0.15, -0.1) is 12.4 Å². The van der Waals surface area contributed by atoms with Gasteiger partial charge in [-0.25, -0.2) is 4.39 Å². The predicted octanol–water partition coefficient (Wildman–Crippen LogP) is 3.26. The first kappa shape index (κ1) is 19.3.